The van der Waals surface area contributed by atoms with E-state index in [1.54, 1.807) is 133 Å². The van der Waals surface area contributed by atoms with Gasteiger partial charge >= 0.3 is 23.9 Å². The molecular weight excluding hydrogens is 650 g/mol. The van der Waals surface area contributed by atoms with Gasteiger partial charge in [-0.2, -0.15) is 9.90 Å². The summed E-state index contributed by atoms with van der Waals surface area (Å²) in [5.41, 5.74) is 1.43. The van der Waals surface area contributed by atoms with Gasteiger partial charge in [-0.3, -0.25) is 0 Å². The Labute approximate surface area is 293 Å². The Kier molecular flexibility index (Phi) is 11.0. The molecule has 1 heterocycles. The molecule has 0 radical (unpaired) electrons. The number of aromatic nitrogens is 3. The molecule has 0 bridgehead atoms. The van der Waals surface area contributed by atoms with Gasteiger partial charge < -0.3 is 18.9 Å². The van der Waals surface area contributed by atoms with E-state index in [-0.39, 0.29) is 27.9 Å². The van der Waals surface area contributed by atoms with Gasteiger partial charge in [-0.1, -0.05) is 91.0 Å². The minimum absolute atomic E-state index is 0.0594. The molecule has 0 aliphatic heterocycles. The molecule has 3 atom stereocenters. The molecule has 51 heavy (non-hydrogen) atoms. The minimum atomic E-state index is -1.61. The monoisotopic (exact) mass is 681 g/mol. The second kappa shape index (κ2) is 16.5. The molecule has 1 aromatic heterocycles. The molecular formula is C40H31N3O8. The molecule has 5 aromatic carbocycles. The van der Waals surface area contributed by atoms with Crippen LogP contribution in [0.15, 0.2) is 158 Å². The maximum Gasteiger partial charge on any atom is 0.338 e. The topological polar surface area (TPSA) is 136 Å². The zero-order valence-corrected chi connectivity index (χ0v) is 27.1. The van der Waals surface area contributed by atoms with Gasteiger partial charge in [-0.05, 0) is 60.7 Å². The van der Waals surface area contributed by atoms with Gasteiger partial charge in [0.1, 0.15) is 12.3 Å². The summed E-state index contributed by atoms with van der Waals surface area (Å²) in [5.74, 6) is -3.15. The van der Waals surface area contributed by atoms with Crippen molar-refractivity contribution in [1.29, 1.82) is 0 Å². The van der Waals surface area contributed by atoms with Crippen molar-refractivity contribution in [3.63, 3.8) is 0 Å². The minimum Gasteiger partial charge on any atom is -0.458 e. The first-order valence-corrected chi connectivity index (χ1v) is 15.9. The van der Waals surface area contributed by atoms with Crippen molar-refractivity contribution >= 4 is 23.9 Å². The van der Waals surface area contributed by atoms with E-state index in [0.29, 0.717) is 5.69 Å². The Morgan fingerprint density at radius 2 is 0.922 bits per heavy atom. The van der Waals surface area contributed by atoms with Crippen LogP contribution < -0.4 is 0 Å². The predicted octanol–water partition coefficient (Wildman–Crippen LogP) is 6.47. The van der Waals surface area contributed by atoms with E-state index < -0.39 is 48.8 Å². The summed E-state index contributed by atoms with van der Waals surface area (Å²) in [6.07, 6.45) is -3.30. The third-order valence-electron chi connectivity index (χ3n) is 7.61. The highest BCUT2D eigenvalue weighted by atomic mass is 16.6. The summed E-state index contributed by atoms with van der Waals surface area (Å²) in [6, 6.07) is 41.6. The van der Waals surface area contributed by atoms with Crippen molar-refractivity contribution in [3.05, 3.63) is 186 Å². The molecule has 6 rings (SSSR count). The van der Waals surface area contributed by atoms with Crippen molar-refractivity contribution in [2.45, 2.75) is 18.3 Å². The summed E-state index contributed by atoms with van der Waals surface area (Å²) in [4.78, 5) is 55.5. The zero-order valence-electron chi connectivity index (χ0n) is 27.1. The van der Waals surface area contributed by atoms with Crippen molar-refractivity contribution in [2.75, 3.05) is 6.61 Å². The van der Waals surface area contributed by atoms with Crippen molar-refractivity contribution in [1.82, 2.24) is 15.0 Å². The standard InChI is InChI=1S/C40H31N3O8/c44-37(28-16-6-1-7-17-28)48-27-34(49-38(45)29-18-8-2-9-19-29)36(51-40(47)31-22-12-4-13-23-31)35(50-39(46)30-20-10-3-11-21-30)33-26-41-43(42-33)32-24-14-5-15-25-32/h1-26,34-36H,27H2/t34-,35+,36+/m0/s1. The second-order valence-electron chi connectivity index (χ2n) is 11.1. The summed E-state index contributed by atoms with van der Waals surface area (Å²) in [5, 5.41) is 8.95. The number of hydrogen-bond acceptors (Lipinski definition) is 10. The summed E-state index contributed by atoms with van der Waals surface area (Å²) < 4.78 is 23.8. The molecule has 6 aromatic rings. The third kappa shape index (κ3) is 8.78. The first kappa shape index (κ1) is 34.0. The molecule has 0 spiro atoms. The Morgan fingerprint density at radius 3 is 1.41 bits per heavy atom. The van der Waals surface area contributed by atoms with Gasteiger partial charge in [-0.15, -0.1) is 5.10 Å². The molecule has 254 valence electrons. The zero-order chi connectivity index (χ0) is 35.4. The van der Waals surface area contributed by atoms with Crippen molar-refractivity contribution in [2.24, 2.45) is 0 Å². The van der Waals surface area contributed by atoms with Crippen LogP contribution in [0.4, 0.5) is 0 Å². The van der Waals surface area contributed by atoms with Crippen molar-refractivity contribution in [3.8, 4) is 5.69 Å². The fraction of sp³-hybridized carbons (Fsp3) is 0.100. The van der Waals surface area contributed by atoms with Crippen LogP contribution in [0.3, 0.4) is 0 Å². The number of carbonyl (C=O) groups excluding carboxylic acids is 4. The van der Waals surface area contributed by atoms with Gasteiger partial charge in [0.15, 0.2) is 18.3 Å². The van der Waals surface area contributed by atoms with Crippen LogP contribution in [0.2, 0.25) is 0 Å². The van der Waals surface area contributed by atoms with E-state index in [1.165, 1.54) is 23.1 Å². The van der Waals surface area contributed by atoms with Gasteiger partial charge in [0.25, 0.3) is 0 Å². The van der Waals surface area contributed by atoms with Crippen LogP contribution in [0.25, 0.3) is 5.69 Å². The first-order valence-electron chi connectivity index (χ1n) is 15.9. The number of rotatable bonds is 13. The molecule has 11 heteroatoms. The third-order valence-corrected chi connectivity index (χ3v) is 7.61. The smallest absolute Gasteiger partial charge is 0.338 e. The highest BCUT2D eigenvalue weighted by Crippen LogP contribution is 2.30. The Bertz CT molecular complexity index is 2060. The summed E-state index contributed by atoms with van der Waals surface area (Å²) in [7, 11) is 0. The van der Waals surface area contributed by atoms with E-state index in [1.807, 2.05) is 6.07 Å². The van der Waals surface area contributed by atoms with Crippen LogP contribution >= 0.6 is 0 Å². The van der Waals surface area contributed by atoms with E-state index >= 15 is 0 Å². The highest BCUT2D eigenvalue weighted by Gasteiger charge is 2.42. The number of para-hydroxylation sites is 1. The molecule has 0 unspecified atom stereocenters. The second-order valence-corrected chi connectivity index (χ2v) is 11.1. The predicted molar refractivity (Wildman–Crippen MR) is 184 cm³/mol. The van der Waals surface area contributed by atoms with Crippen LogP contribution in [0, 0.1) is 0 Å². The fourth-order valence-corrected chi connectivity index (χ4v) is 5.03. The lowest BCUT2D eigenvalue weighted by Gasteiger charge is -2.31. The number of ether oxygens (including phenoxy) is 4. The van der Waals surface area contributed by atoms with E-state index in [2.05, 4.69) is 10.2 Å². The molecule has 0 aliphatic carbocycles. The molecule has 11 nitrogen and oxygen atoms in total. The Balaban J connectivity index is 1.44. The van der Waals surface area contributed by atoms with E-state index in [0.717, 1.165) is 0 Å². The highest BCUT2D eigenvalue weighted by molar-refractivity contribution is 5.91. The number of esters is 4. The molecule has 0 N–H and O–H groups in total. The maximum absolute atomic E-state index is 13.7. The lowest BCUT2D eigenvalue weighted by molar-refractivity contribution is -0.104. The van der Waals surface area contributed by atoms with Gasteiger partial charge in [0.2, 0.25) is 0 Å². The molecule has 0 amide bonds. The van der Waals surface area contributed by atoms with Crippen molar-refractivity contribution < 1.29 is 38.1 Å². The normalized spacial score (nSPS) is 12.5. The lowest BCUT2D eigenvalue weighted by atomic mass is 10.0. The van der Waals surface area contributed by atoms with Gasteiger partial charge in [0, 0.05) is 0 Å². The fourth-order valence-electron chi connectivity index (χ4n) is 5.03. The van der Waals surface area contributed by atoms with E-state index in [9.17, 15) is 19.2 Å². The van der Waals surface area contributed by atoms with Gasteiger partial charge in [-0.25, -0.2) is 19.2 Å². The molecule has 0 aliphatic rings. The average Bonchev–Trinajstić information content (AvgIpc) is 3.69. The summed E-state index contributed by atoms with van der Waals surface area (Å²) in [6.45, 7) is -0.592. The first-order chi connectivity index (χ1) is 25.0. The maximum atomic E-state index is 13.7. The summed E-state index contributed by atoms with van der Waals surface area (Å²) >= 11 is 0. The lowest BCUT2D eigenvalue weighted by Crippen LogP contribution is -2.44. The SMILES string of the molecule is O=C(OC[C@H](OC(=O)c1ccccc1)[C@@H](OC(=O)c1ccccc1)[C@H](OC(=O)c1ccccc1)c1cnn(-c2ccccc2)n1)c1ccccc1. The number of benzene rings is 5. The largest absolute Gasteiger partial charge is 0.458 e. The van der Waals surface area contributed by atoms with Crippen LogP contribution in [0.5, 0.6) is 0 Å². The number of carbonyl (C=O) groups is 4. The number of nitrogens with zero attached hydrogens (tertiary/aromatic N) is 3. The number of hydrogen-bond donors (Lipinski definition) is 0. The molecule has 0 fully saturated rings. The Hall–Kier alpha value is -6.88. The van der Waals surface area contributed by atoms with E-state index in [4.69, 9.17) is 18.9 Å². The van der Waals surface area contributed by atoms with Crippen LogP contribution in [0.1, 0.15) is 53.2 Å². The van der Waals surface area contributed by atoms with Gasteiger partial charge in [0.05, 0.1) is 34.1 Å². The van der Waals surface area contributed by atoms with Crippen LogP contribution in [-0.2, 0) is 18.9 Å². The average molecular weight is 682 g/mol. The quantitative estimate of drug-likeness (QED) is 0.0985. The molecule has 0 saturated carbocycles. The van der Waals surface area contributed by atoms with Crippen LogP contribution in [-0.4, -0.2) is 57.7 Å². The molecule has 0 saturated heterocycles. The Morgan fingerprint density at radius 1 is 0.510 bits per heavy atom.